The molecule has 1 aromatic heterocycles. The van der Waals surface area contributed by atoms with Crippen LogP contribution >= 0.6 is 0 Å². The van der Waals surface area contributed by atoms with Crippen LogP contribution in [0.1, 0.15) is 29.6 Å². The molecule has 2 aromatic carbocycles. The van der Waals surface area contributed by atoms with Gasteiger partial charge in [-0.05, 0) is 41.8 Å². The molecule has 2 atom stereocenters. The van der Waals surface area contributed by atoms with E-state index < -0.39 is 0 Å². The number of benzene rings is 2. The quantitative estimate of drug-likeness (QED) is 0.683. The van der Waals surface area contributed by atoms with Gasteiger partial charge in [-0.15, -0.1) is 0 Å². The summed E-state index contributed by atoms with van der Waals surface area (Å²) in [5.74, 6) is 3.34. The molecule has 0 bridgehead atoms. The van der Waals surface area contributed by atoms with Crippen LogP contribution in [0.15, 0.2) is 42.7 Å². The van der Waals surface area contributed by atoms with Crippen molar-refractivity contribution in [1.29, 1.82) is 0 Å². The van der Waals surface area contributed by atoms with Crippen LogP contribution in [0.4, 0.5) is 5.95 Å². The van der Waals surface area contributed by atoms with E-state index >= 15 is 0 Å². The summed E-state index contributed by atoms with van der Waals surface area (Å²) < 4.78 is 23.7. The van der Waals surface area contributed by atoms with Gasteiger partial charge in [0.25, 0.3) is 0 Å². The molecule has 1 aliphatic rings. The number of hydrogen-bond donors (Lipinski definition) is 1. The summed E-state index contributed by atoms with van der Waals surface area (Å²) in [6.45, 7) is 0. The summed E-state index contributed by atoms with van der Waals surface area (Å²) in [4.78, 5) is 4.39. The molecule has 8 heteroatoms. The molecule has 1 N–H and O–H groups in total. The molecule has 0 saturated carbocycles. The summed E-state index contributed by atoms with van der Waals surface area (Å²) in [6.07, 6.45) is 2.34. The van der Waals surface area contributed by atoms with E-state index in [0.717, 1.165) is 29.2 Å². The molecule has 29 heavy (non-hydrogen) atoms. The standard InChI is InChI=1S/C21H24N4O4/c1-26-15-7-5-13(6-8-15)16-11-17(25-21(24-16)22-12-23-25)14-9-18(27-2)20(29-4)19(10-14)28-3/h5-10,12,16-17H,11H2,1-4H3,(H,22,23,24)/t16-,17+/m1/s1. The van der Waals surface area contributed by atoms with E-state index in [0.29, 0.717) is 17.2 Å². The predicted octanol–water partition coefficient (Wildman–Crippen LogP) is 3.46. The first-order valence-corrected chi connectivity index (χ1v) is 9.28. The minimum Gasteiger partial charge on any atom is -0.497 e. The van der Waals surface area contributed by atoms with Crippen LogP contribution in [0.3, 0.4) is 0 Å². The Morgan fingerprint density at radius 2 is 1.59 bits per heavy atom. The van der Waals surface area contributed by atoms with Crippen LogP contribution in [-0.2, 0) is 0 Å². The lowest BCUT2D eigenvalue weighted by Crippen LogP contribution is -2.28. The molecule has 2 heterocycles. The van der Waals surface area contributed by atoms with E-state index in [1.165, 1.54) is 0 Å². The molecule has 0 radical (unpaired) electrons. The van der Waals surface area contributed by atoms with E-state index in [2.05, 4.69) is 27.5 Å². The summed E-state index contributed by atoms with van der Waals surface area (Å²) in [6, 6.07) is 12.0. The van der Waals surface area contributed by atoms with Crippen molar-refractivity contribution in [3.8, 4) is 23.0 Å². The van der Waals surface area contributed by atoms with Crippen molar-refractivity contribution in [2.45, 2.75) is 18.5 Å². The molecular formula is C21H24N4O4. The number of nitrogens with one attached hydrogen (secondary N) is 1. The van der Waals surface area contributed by atoms with Gasteiger partial charge in [-0.1, -0.05) is 12.1 Å². The maximum absolute atomic E-state index is 5.54. The second-order valence-electron chi connectivity index (χ2n) is 6.71. The molecule has 152 valence electrons. The van der Waals surface area contributed by atoms with Crippen LogP contribution in [0, 0.1) is 0 Å². The zero-order valence-electron chi connectivity index (χ0n) is 16.9. The van der Waals surface area contributed by atoms with Gasteiger partial charge in [0.05, 0.1) is 40.5 Å². The first kappa shape index (κ1) is 18.9. The highest BCUT2D eigenvalue weighted by atomic mass is 16.5. The highest BCUT2D eigenvalue weighted by molar-refractivity contribution is 5.55. The number of aromatic nitrogens is 3. The van der Waals surface area contributed by atoms with E-state index in [1.807, 2.05) is 28.9 Å². The van der Waals surface area contributed by atoms with Gasteiger partial charge in [0.2, 0.25) is 11.7 Å². The summed E-state index contributed by atoms with van der Waals surface area (Å²) in [5.41, 5.74) is 2.16. The predicted molar refractivity (Wildman–Crippen MR) is 108 cm³/mol. The van der Waals surface area contributed by atoms with Gasteiger partial charge in [-0.3, -0.25) is 0 Å². The molecule has 0 saturated heterocycles. The van der Waals surface area contributed by atoms with Gasteiger partial charge in [0, 0.05) is 0 Å². The third-order valence-corrected chi connectivity index (χ3v) is 5.22. The SMILES string of the molecule is COc1ccc([C@H]2C[C@@H](c3cc(OC)c(OC)c(OC)c3)n3ncnc3N2)cc1. The third-order valence-electron chi connectivity index (χ3n) is 5.22. The smallest absolute Gasteiger partial charge is 0.222 e. The van der Waals surface area contributed by atoms with Crippen molar-refractivity contribution in [2.24, 2.45) is 0 Å². The minimum atomic E-state index is -0.0467. The fourth-order valence-electron chi connectivity index (χ4n) is 3.75. The van der Waals surface area contributed by atoms with Crippen molar-refractivity contribution >= 4 is 5.95 Å². The van der Waals surface area contributed by atoms with Gasteiger partial charge in [-0.2, -0.15) is 10.1 Å². The first-order valence-electron chi connectivity index (χ1n) is 9.28. The van der Waals surface area contributed by atoms with Gasteiger partial charge in [0.15, 0.2) is 11.5 Å². The lowest BCUT2D eigenvalue weighted by molar-refractivity contribution is 0.322. The molecule has 4 rings (SSSR count). The number of fused-ring (bicyclic) bond motifs is 1. The minimum absolute atomic E-state index is 0.0467. The second kappa shape index (κ2) is 7.90. The van der Waals surface area contributed by atoms with Crippen molar-refractivity contribution in [3.05, 3.63) is 53.9 Å². The molecule has 1 aliphatic heterocycles. The van der Waals surface area contributed by atoms with Crippen LogP contribution in [0.2, 0.25) is 0 Å². The van der Waals surface area contributed by atoms with Crippen molar-refractivity contribution in [2.75, 3.05) is 33.8 Å². The average molecular weight is 396 g/mol. The number of methoxy groups -OCH3 is 4. The average Bonchev–Trinajstić information content (AvgIpc) is 3.26. The topological polar surface area (TPSA) is 79.7 Å². The Kier molecular flexibility index (Phi) is 5.16. The number of ether oxygens (including phenoxy) is 4. The fourth-order valence-corrected chi connectivity index (χ4v) is 3.75. The molecule has 0 amide bonds. The molecule has 0 aliphatic carbocycles. The Bertz CT molecular complexity index is 962. The Morgan fingerprint density at radius 3 is 2.17 bits per heavy atom. The Hall–Kier alpha value is -3.42. The summed E-state index contributed by atoms with van der Waals surface area (Å²) >= 11 is 0. The molecule has 0 fully saturated rings. The zero-order valence-corrected chi connectivity index (χ0v) is 16.9. The van der Waals surface area contributed by atoms with Crippen molar-refractivity contribution < 1.29 is 18.9 Å². The molecule has 0 spiro atoms. The first-order chi connectivity index (χ1) is 14.2. The molecular weight excluding hydrogens is 372 g/mol. The van der Waals surface area contributed by atoms with E-state index in [4.69, 9.17) is 18.9 Å². The van der Waals surface area contributed by atoms with E-state index in [9.17, 15) is 0 Å². The van der Waals surface area contributed by atoms with Gasteiger partial charge < -0.3 is 24.3 Å². The van der Waals surface area contributed by atoms with Gasteiger partial charge >= 0.3 is 0 Å². The maximum Gasteiger partial charge on any atom is 0.222 e. The Balaban J connectivity index is 1.75. The van der Waals surface area contributed by atoms with Crippen molar-refractivity contribution in [3.63, 3.8) is 0 Å². The fraction of sp³-hybridized carbons (Fsp3) is 0.333. The number of rotatable bonds is 6. The second-order valence-corrected chi connectivity index (χ2v) is 6.71. The molecule has 3 aromatic rings. The highest BCUT2D eigenvalue weighted by Gasteiger charge is 2.31. The monoisotopic (exact) mass is 396 g/mol. The van der Waals surface area contributed by atoms with E-state index in [1.54, 1.807) is 34.8 Å². The van der Waals surface area contributed by atoms with Crippen LogP contribution in [-0.4, -0.2) is 43.2 Å². The lowest BCUT2D eigenvalue weighted by atomic mass is 9.93. The summed E-state index contributed by atoms with van der Waals surface area (Å²) in [5, 5.41) is 7.91. The largest absolute Gasteiger partial charge is 0.497 e. The van der Waals surface area contributed by atoms with Gasteiger partial charge in [0.1, 0.15) is 12.1 Å². The van der Waals surface area contributed by atoms with Gasteiger partial charge in [-0.25, -0.2) is 4.68 Å². The summed E-state index contributed by atoms with van der Waals surface area (Å²) in [7, 11) is 6.49. The Morgan fingerprint density at radius 1 is 0.897 bits per heavy atom. The number of nitrogens with zero attached hydrogens (tertiary/aromatic N) is 3. The number of hydrogen-bond acceptors (Lipinski definition) is 7. The normalized spacial score (nSPS) is 17.8. The highest BCUT2D eigenvalue weighted by Crippen LogP contribution is 2.44. The molecule has 8 nitrogen and oxygen atoms in total. The maximum atomic E-state index is 5.54. The van der Waals surface area contributed by atoms with Crippen LogP contribution in [0.5, 0.6) is 23.0 Å². The van der Waals surface area contributed by atoms with Crippen LogP contribution < -0.4 is 24.3 Å². The lowest BCUT2D eigenvalue weighted by Gasteiger charge is -2.32. The van der Waals surface area contributed by atoms with Crippen molar-refractivity contribution in [1.82, 2.24) is 14.8 Å². The zero-order chi connectivity index (χ0) is 20.4. The Labute approximate surface area is 169 Å². The van der Waals surface area contributed by atoms with E-state index in [-0.39, 0.29) is 12.1 Å². The number of anilines is 1. The third kappa shape index (κ3) is 3.41. The molecule has 0 unspecified atom stereocenters. The van der Waals surface area contributed by atoms with Crippen LogP contribution in [0.25, 0.3) is 0 Å².